The van der Waals surface area contributed by atoms with E-state index in [0.717, 1.165) is 22.5 Å². The van der Waals surface area contributed by atoms with E-state index in [1.165, 1.54) is 11.5 Å². The second-order valence-electron chi connectivity index (χ2n) is 6.47. The second kappa shape index (κ2) is 8.14. The third-order valence-corrected chi connectivity index (χ3v) is 5.03. The third kappa shape index (κ3) is 3.99. The molecule has 0 unspecified atom stereocenters. The quantitative estimate of drug-likeness (QED) is 0.503. The van der Waals surface area contributed by atoms with Gasteiger partial charge >= 0.3 is 0 Å². The van der Waals surface area contributed by atoms with Crippen molar-refractivity contribution in [1.82, 2.24) is 24.0 Å². The molecule has 2 aromatic heterocycles. The van der Waals surface area contributed by atoms with Crippen molar-refractivity contribution in [1.29, 1.82) is 0 Å². The zero-order chi connectivity index (χ0) is 19.3. The second-order valence-corrected chi connectivity index (χ2v) is 7.08. The number of nitrogens with zero attached hydrogens (tertiary/aromatic N) is 5. The maximum absolute atomic E-state index is 13.0. The molecule has 6 nitrogen and oxygen atoms in total. The molecule has 0 N–H and O–H groups in total. The van der Waals surface area contributed by atoms with Crippen molar-refractivity contribution < 1.29 is 4.79 Å². The Bertz CT molecular complexity index is 1060. The van der Waals surface area contributed by atoms with E-state index in [9.17, 15) is 4.79 Å². The lowest BCUT2D eigenvalue weighted by atomic mass is 10.0. The van der Waals surface area contributed by atoms with Crippen LogP contribution in [0.4, 0.5) is 0 Å². The number of carbonyl (C=O) groups is 1. The Morgan fingerprint density at radius 3 is 2.61 bits per heavy atom. The van der Waals surface area contributed by atoms with E-state index in [2.05, 4.69) is 38.8 Å². The SMILES string of the molecule is Cn1ccnc1CN(Cc1cccc(-c2ccccc2)c1)C(=O)c1csnn1. The molecule has 0 fully saturated rings. The van der Waals surface area contributed by atoms with Crippen LogP contribution in [-0.4, -0.2) is 29.9 Å². The van der Waals surface area contributed by atoms with Crippen molar-refractivity contribution in [3.05, 3.63) is 89.5 Å². The van der Waals surface area contributed by atoms with E-state index in [4.69, 9.17) is 0 Å². The zero-order valence-electron chi connectivity index (χ0n) is 15.4. The first-order valence-corrected chi connectivity index (χ1v) is 9.71. The summed E-state index contributed by atoms with van der Waals surface area (Å²) >= 11 is 1.17. The van der Waals surface area contributed by atoms with Crippen molar-refractivity contribution in [3.63, 3.8) is 0 Å². The fraction of sp³-hybridized carbons (Fsp3) is 0.143. The van der Waals surface area contributed by atoms with Crippen LogP contribution in [0.1, 0.15) is 21.9 Å². The Morgan fingerprint density at radius 1 is 1.07 bits per heavy atom. The Morgan fingerprint density at radius 2 is 1.89 bits per heavy atom. The summed E-state index contributed by atoms with van der Waals surface area (Å²) in [5.74, 6) is 0.664. The van der Waals surface area contributed by atoms with Crippen LogP contribution in [0.3, 0.4) is 0 Å². The molecule has 2 aromatic carbocycles. The predicted octanol–water partition coefficient (Wildman–Crippen LogP) is 3.78. The fourth-order valence-electron chi connectivity index (χ4n) is 3.04. The molecule has 0 spiro atoms. The molecule has 4 aromatic rings. The molecule has 28 heavy (non-hydrogen) atoms. The summed E-state index contributed by atoms with van der Waals surface area (Å²) in [5, 5.41) is 5.62. The molecule has 2 heterocycles. The normalized spacial score (nSPS) is 10.8. The lowest BCUT2D eigenvalue weighted by Gasteiger charge is -2.22. The van der Waals surface area contributed by atoms with E-state index >= 15 is 0 Å². The highest BCUT2D eigenvalue weighted by molar-refractivity contribution is 7.03. The molecule has 0 saturated carbocycles. The van der Waals surface area contributed by atoms with Crippen LogP contribution in [0.5, 0.6) is 0 Å². The maximum atomic E-state index is 13.0. The minimum atomic E-state index is -0.151. The smallest absolute Gasteiger partial charge is 0.276 e. The molecular formula is C21H19N5OS. The molecule has 0 aliphatic rings. The average molecular weight is 389 g/mol. The predicted molar refractivity (Wildman–Crippen MR) is 109 cm³/mol. The van der Waals surface area contributed by atoms with Crippen LogP contribution < -0.4 is 0 Å². The molecule has 0 bridgehead atoms. The first-order chi connectivity index (χ1) is 13.7. The van der Waals surface area contributed by atoms with Crippen molar-refractivity contribution in [2.75, 3.05) is 0 Å². The number of hydrogen-bond donors (Lipinski definition) is 0. The number of aromatic nitrogens is 4. The van der Waals surface area contributed by atoms with Crippen molar-refractivity contribution >= 4 is 17.4 Å². The summed E-state index contributed by atoms with van der Waals surface area (Å²) in [5.41, 5.74) is 3.68. The molecule has 140 valence electrons. The summed E-state index contributed by atoms with van der Waals surface area (Å²) in [4.78, 5) is 19.1. The number of imidazole rings is 1. The van der Waals surface area contributed by atoms with Gasteiger partial charge in [-0.25, -0.2) is 4.98 Å². The first kappa shape index (κ1) is 18.1. The zero-order valence-corrected chi connectivity index (χ0v) is 16.2. The van der Waals surface area contributed by atoms with Crippen molar-refractivity contribution in [2.24, 2.45) is 7.05 Å². The molecule has 0 saturated heterocycles. The highest BCUT2D eigenvalue weighted by atomic mass is 32.1. The van der Waals surface area contributed by atoms with Gasteiger partial charge in [-0.05, 0) is 34.3 Å². The molecule has 0 atom stereocenters. The van der Waals surface area contributed by atoms with Gasteiger partial charge in [-0.1, -0.05) is 53.0 Å². The Balaban J connectivity index is 1.62. The van der Waals surface area contributed by atoms with Gasteiger partial charge in [0.25, 0.3) is 5.91 Å². The van der Waals surface area contributed by atoms with Crippen LogP contribution in [0.2, 0.25) is 0 Å². The molecule has 1 amide bonds. The molecule has 4 rings (SSSR count). The van der Waals surface area contributed by atoms with Gasteiger partial charge in [-0.2, -0.15) is 0 Å². The topological polar surface area (TPSA) is 63.9 Å². The van der Waals surface area contributed by atoms with Crippen LogP contribution in [-0.2, 0) is 20.1 Å². The number of carbonyl (C=O) groups excluding carboxylic acids is 1. The standard InChI is InChI=1S/C21H19N5OS/c1-25-11-10-22-20(25)14-26(21(27)19-15-28-24-23-19)13-16-6-5-9-18(12-16)17-7-3-2-4-8-17/h2-12,15H,13-14H2,1H3. The summed E-state index contributed by atoms with van der Waals surface area (Å²) in [6.45, 7) is 0.860. The number of amides is 1. The fourth-order valence-corrected chi connectivity index (χ4v) is 3.47. The lowest BCUT2D eigenvalue weighted by molar-refractivity contribution is 0.0718. The van der Waals surface area contributed by atoms with Gasteiger partial charge < -0.3 is 9.47 Å². The third-order valence-electron chi connectivity index (χ3n) is 4.53. The van der Waals surface area contributed by atoms with Gasteiger partial charge in [0.15, 0.2) is 5.69 Å². The number of benzene rings is 2. The average Bonchev–Trinajstić information content (AvgIpc) is 3.40. The summed E-state index contributed by atoms with van der Waals surface area (Å²) < 4.78 is 5.74. The molecular weight excluding hydrogens is 370 g/mol. The van der Waals surface area contributed by atoms with E-state index in [1.807, 2.05) is 48.1 Å². The summed E-state index contributed by atoms with van der Waals surface area (Å²) in [6.07, 6.45) is 3.61. The Hall–Kier alpha value is -3.32. The van der Waals surface area contributed by atoms with E-state index in [-0.39, 0.29) is 5.91 Å². The lowest BCUT2D eigenvalue weighted by Crippen LogP contribution is -2.31. The van der Waals surface area contributed by atoms with Gasteiger partial charge in [-0.3, -0.25) is 4.79 Å². The largest absolute Gasteiger partial charge is 0.337 e. The van der Waals surface area contributed by atoms with Crippen LogP contribution in [0.25, 0.3) is 11.1 Å². The van der Waals surface area contributed by atoms with Crippen LogP contribution >= 0.6 is 11.5 Å². The molecule has 7 heteroatoms. The van der Waals surface area contributed by atoms with E-state index < -0.39 is 0 Å². The number of hydrogen-bond acceptors (Lipinski definition) is 5. The summed E-state index contributed by atoms with van der Waals surface area (Å²) in [7, 11) is 1.92. The highest BCUT2D eigenvalue weighted by Crippen LogP contribution is 2.21. The minimum absolute atomic E-state index is 0.151. The Kier molecular flexibility index (Phi) is 5.25. The number of aryl methyl sites for hydroxylation is 1. The summed E-state index contributed by atoms with van der Waals surface area (Å²) in [6, 6.07) is 18.5. The van der Waals surface area contributed by atoms with Gasteiger partial charge in [0.05, 0.1) is 6.54 Å². The van der Waals surface area contributed by atoms with Crippen LogP contribution in [0, 0.1) is 0 Å². The first-order valence-electron chi connectivity index (χ1n) is 8.87. The van der Waals surface area contributed by atoms with E-state index in [1.54, 1.807) is 16.5 Å². The van der Waals surface area contributed by atoms with Crippen molar-refractivity contribution in [3.8, 4) is 11.1 Å². The van der Waals surface area contributed by atoms with Gasteiger partial charge in [0.1, 0.15) is 5.82 Å². The van der Waals surface area contributed by atoms with Crippen LogP contribution in [0.15, 0.2) is 72.4 Å². The maximum Gasteiger partial charge on any atom is 0.276 e. The molecule has 0 radical (unpaired) electrons. The monoisotopic (exact) mass is 389 g/mol. The van der Waals surface area contributed by atoms with Gasteiger partial charge in [-0.15, -0.1) is 5.10 Å². The Labute approximate surface area is 167 Å². The van der Waals surface area contributed by atoms with Crippen molar-refractivity contribution in [2.45, 2.75) is 13.1 Å². The van der Waals surface area contributed by atoms with Gasteiger partial charge in [0, 0.05) is 31.4 Å². The van der Waals surface area contributed by atoms with Gasteiger partial charge in [0.2, 0.25) is 0 Å². The molecule has 0 aliphatic carbocycles. The minimum Gasteiger partial charge on any atom is -0.337 e. The van der Waals surface area contributed by atoms with E-state index in [0.29, 0.717) is 18.8 Å². The molecule has 0 aliphatic heterocycles. The number of rotatable bonds is 6. The highest BCUT2D eigenvalue weighted by Gasteiger charge is 2.20.